The van der Waals surface area contributed by atoms with Crippen LogP contribution >= 0.6 is 0 Å². The van der Waals surface area contributed by atoms with E-state index < -0.39 is 15.3 Å². The fourth-order valence-corrected chi connectivity index (χ4v) is 5.37. The van der Waals surface area contributed by atoms with Gasteiger partial charge in [-0.2, -0.15) is 0 Å². The summed E-state index contributed by atoms with van der Waals surface area (Å²) in [5.41, 5.74) is 3.55. The van der Waals surface area contributed by atoms with Gasteiger partial charge in [-0.05, 0) is 61.7 Å². The average Bonchev–Trinajstić information content (AvgIpc) is 2.82. The molecule has 1 N–H and O–H groups in total. The van der Waals surface area contributed by atoms with E-state index >= 15 is 0 Å². The Morgan fingerprint density at radius 2 is 1.71 bits per heavy atom. The van der Waals surface area contributed by atoms with E-state index in [2.05, 4.69) is 5.32 Å². The number of nitrogens with one attached hydrogen (secondary N) is 1. The van der Waals surface area contributed by atoms with Gasteiger partial charge in [-0.1, -0.05) is 48.9 Å². The molecule has 1 heterocycles. The van der Waals surface area contributed by atoms with Crippen molar-refractivity contribution in [2.45, 2.75) is 43.5 Å². The maximum Gasteiger partial charge on any atom is 0.244 e. The summed E-state index contributed by atoms with van der Waals surface area (Å²) in [6.07, 6.45) is 1.97. The van der Waals surface area contributed by atoms with Gasteiger partial charge in [-0.3, -0.25) is 9.59 Å². The second-order valence-electron chi connectivity index (χ2n) is 8.34. The first-order chi connectivity index (χ1) is 16.2. The Kier molecular flexibility index (Phi) is 6.39. The van der Waals surface area contributed by atoms with Crippen LogP contribution in [0.4, 0.5) is 5.69 Å². The minimum absolute atomic E-state index is 0.0318. The number of carbonyl (C=O) groups is 1. The predicted molar refractivity (Wildman–Crippen MR) is 134 cm³/mol. The zero-order chi connectivity index (χ0) is 24.5. The molecule has 0 spiro atoms. The summed E-state index contributed by atoms with van der Waals surface area (Å²) in [5.74, 6) is -0.320. The normalized spacial score (nSPS) is 11.5. The molecule has 0 aliphatic carbocycles. The monoisotopic (exact) mass is 474 g/mol. The number of sulfone groups is 1. The molecular formula is C27H26N2O4S. The summed E-state index contributed by atoms with van der Waals surface area (Å²) < 4.78 is 28.2. The highest BCUT2D eigenvalue weighted by Gasteiger charge is 2.24. The third kappa shape index (κ3) is 4.52. The molecule has 0 aliphatic rings. The smallest absolute Gasteiger partial charge is 0.244 e. The lowest BCUT2D eigenvalue weighted by molar-refractivity contribution is -0.116. The number of nitrogens with zero attached hydrogens (tertiary/aromatic N) is 1. The maximum atomic E-state index is 13.3. The van der Waals surface area contributed by atoms with Gasteiger partial charge in [0, 0.05) is 17.3 Å². The quantitative estimate of drug-likeness (QED) is 0.441. The van der Waals surface area contributed by atoms with Crippen molar-refractivity contribution in [3.63, 3.8) is 0 Å². The van der Waals surface area contributed by atoms with E-state index in [0.717, 1.165) is 16.7 Å². The lowest BCUT2D eigenvalue weighted by Gasteiger charge is -2.15. The number of aromatic nitrogens is 1. The molecule has 174 valence electrons. The summed E-state index contributed by atoms with van der Waals surface area (Å²) in [6.45, 7) is 5.70. The number of pyridine rings is 1. The Balaban J connectivity index is 1.83. The molecule has 1 amide bonds. The molecule has 7 heteroatoms. The van der Waals surface area contributed by atoms with Crippen LogP contribution in [0.3, 0.4) is 0 Å². The van der Waals surface area contributed by atoms with Gasteiger partial charge in [0.15, 0.2) is 0 Å². The molecule has 1 aromatic heterocycles. The van der Waals surface area contributed by atoms with Gasteiger partial charge in [0.2, 0.25) is 21.2 Å². The van der Waals surface area contributed by atoms with E-state index in [1.165, 1.54) is 22.9 Å². The minimum Gasteiger partial charge on any atom is -0.336 e. The Hall–Kier alpha value is -3.71. The fraction of sp³-hybridized carbons (Fsp3) is 0.185. The number of hydrogen-bond acceptors (Lipinski definition) is 4. The average molecular weight is 475 g/mol. The first-order valence-electron chi connectivity index (χ1n) is 11.0. The van der Waals surface area contributed by atoms with E-state index in [0.29, 0.717) is 17.6 Å². The first-order valence-corrected chi connectivity index (χ1v) is 12.5. The van der Waals surface area contributed by atoms with Crippen molar-refractivity contribution in [1.29, 1.82) is 0 Å². The van der Waals surface area contributed by atoms with Crippen molar-refractivity contribution in [1.82, 2.24) is 4.57 Å². The minimum atomic E-state index is -4.07. The number of rotatable bonds is 6. The number of hydrogen-bond donors (Lipinski definition) is 1. The number of carbonyl (C=O) groups excluding carboxylic acids is 1. The number of benzene rings is 3. The molecule has 0 aliphatic heterocycles. The highest BCUT2D eigenvalue weighted by molar-refractivity contribution is 7.91. The van der Waals surface area contributed by atoms with Gasteiger partial charge in [0.1, 0.15) is 11.4 Å². The summed E-state index contributed by atoms with van der Waals surface area (Å²) in [6, 6.07) is 18.9. The molecule has 4 rings (SSSR count). The van der Waals surface area contributed by atoms with Crippen molar-refractivity contribution in [3.05, 3.63) is 99.8 Å². The van der Waals surface area contributed by atoms with Crippen molar-refractivity contribution in [2.75, 3.05) is 5.32 Å². The Bertz CT molecular complexity index is 1560. The highest BCUT2D eigenvalue weighted by Crippen LogP contribution is 2.23. The molecule has 3 aromatic carbocycles. The largest absolute Gasteiger partial charge is 0.336 e. The zero-order valence-corrected chi connectivity index (χ0v) is 20.1. The molecule has 0 fully saturated rings. The molecule has 0 unspecified atom stereocenters. The van der Waals surface area contributed by atoms with Gasteiger partial charge in [-0.25, -0.2) is 8.42 Å². The van der Waals surface area contributed by atoms with Crippen LogP contribution in [0.15, 0.2) is 87.5 Å². The molecule has 4 aromatic rings. The topological polar surface area (TPSA) is 85.2 Å². The summed E-state index contributed by atoms with van der Waals surface area (Å²) in [7, 11) is -4.07. The second-order valence-corrected chi connectivity index (χ2v) is 10.3. The number of amides is 1. The van der Waals surface area contributed by atoms with Crippen molar-refractivity contribution < 1.29 is 13.2 Å². The van der Waals surface area contributed by atoms with Gasteiger partial charge >= 0.3 is 0 Å². The zero-order valence-electron chi connectivity index (χ0n) is 19.3. The van der Waals surface area contributed by atoms with Gasteiger partial charge in [0.05, 0.1) is 10.4 Å². The third-order valence-corrected chi connectivity index (χ3v) is 7.60. The first kappa shape index (κ1) is 23.4. The van der Waals surface area contributed by atoms with Gasteiger partial charge in [0.25, 0.3) is 0 Å². The molecule has 0 saturated carbocycles. The number of anilines is 1. The molecule has 0 bridgehead atoms. The highest BCUT2D eigenvalue weighted by atomic mass is 32.2. The molecule has 0 radical (unpaired) electrons. The van der Waals surface area contributed by atoms with E-state index in [1.807, 2.05) is 45.0 Å². The Labute approximate surface area is 198 Å². The van der Waals surface area contributed by atoms with Crippen LogP contribution < -0.4 is 10.7 Å². The van der Waals surface area contributed by atoms with Crippen LogP contribution in [0.1, 0.15) is 23.6 Å². The number of fused-ring (bicyclic) bond motifs is 1. The van der Waals surface area contributed by atoms with Crippen LogP contribution in [0, 0.1) is 13.8 Å². The summed E-state index contributed by atoms with van der Waals surface area (Å²) >= 11 is 0. The SMILES string of the molecule is CCc1ccc2c(c1)c(=O)c(S(=O)(=O)c1ccccc1)cn2CC(=O)Nc1ccc(C)cc1C. The van der Waals surface area contributed by atoms with Crippen LogP contribution in [-0.2, 0) is 27.6 Å². The molecule has 0 atom stereocenters. The fourth-order valence-electron chi connectivity index (χ4n) is 3.99. The predicted octanol–water partition coefficient (Wildman–Crippen LogP) is 4.65. The second kappa shape index (κ2) is 9.27. The van der Waals surface area contributed by atoms with Crippen LogP contribution in [0.25, 0.3) is 10.9 Å². The van der Waals surface area contributed by atoms with Crippen molar-refractivity contribution in [2.24, 2.45) is 0 Å². The van der Waals surface area contributed by atoms with E-state index in [4.69, 9.17) is 0 Å². The summed E-state index contributed by atoms with van der Waals surface area (Å²) in [4.78, 5) is 26.0. The Morgan fingerprint density at radius 3 is 2.38 bits per heavy atom. The number of aryl methyl sites for hydroxylation is 3. The van der Waals surface area contributed by atoms with Crippen LogP contribution in [0.5, 0.6) is 0 Å². The van der Waals surface area contributed by atoms with E-state index in [-0.39, 0.29) is 27.6 Å². The lowest BCUT2D eigenvalue weighted by Crippen LogP contribution is -2.24. The molecular weight excluding hydrogens is 448 g/mol. The molecule has 34 heavy (non-hydrogen) atoms. The lowest BCUT2D eigenvalue weighted by atomic mass is 10.1. The molecule has 6 nitrogen and oxygen atoms in total. The van der Waals surface area contributed by atoms with E-state index in [9.17, 15) is 18.0 Å². The van der Waals surface area contributed by atoms with Crippen LogP contribution in [0.2, 0.25) is 0 Å². The maximum absolute atomic E-state index is 13.3. The van der Waals surface area contributed by atoms with Crippen molar-refractivity contribution >= 4 is 32.3 Å². The van der Waals surface area contributed by atoms with Gasteiger partial charge < -0.3 is 9.88 Å². The van der Waals surface area contributed by atoms with Gasteiger partial charge in [-0.15, -0.1) is 0 Å². The third-order valence-electron chi connectivity index (χ3n) is 5.83. The standard InChI is InChI=1S/C27H26N2O4S/c1-4-20-11-13-24-22(15-20)27(31)25(34(32,33)21-8-6-5-7-9-21)16-29(24)17-26(30)28-23-12-10-18(2)14-19(23)3/h5-16H,4,17H2,1-3H3,(H,28,30). The molecule has 0 saturated heterocycles. The Morgan fingerprint density at radius 1 is 0.971 bits per heavy atom. The van der Waals surface area contributed by atoms with Crippen LogP contribution in [-0.4, -0.2) is 18.9 Å². The van der Waals surface area contributed by atoms with E-state index in [1.54, 1.807) is 30.3 Å². The summed E-state index contributed by atoms with van der Waals surface area (Å²) in [5, 5.41) is 3.16. The van der Waals surface area contributed by atoms with Crippen molar-refractivity contribution in [3.8, 4) is 0 Å².